The van der Waals surface area contributed by atoms with Gasteiger partial charge in [-0.3, -0.25) is 0 Å². The molecule has 1 unspecified atom stereocenters. The third-order valence-electron chi connectivity index (χ3n) is 4.68. The smallest absolute Gasteiger partial charge is 0.00696 e. The summed E-state index contributed by atoms with van der Waals surface area (Å²) in [7, 11) is 0. The Morgan fingerprint density at radius 1 is 0.895 bits per heavy atom. The molecule has 0 spiro atoms. The average Bonchev–Trinajstić information content (AvgIpc) is 2.45. The number of nitrogens with one attached hydrogen (secondary N) is 1. The zero-order valence-corrected chi connectivity index (χ0v) is 13.6. The molecule has 0 radical (unpaired) electrons. The Hall–Kier alpha value is -0.0400. The highest BCUT2D eigenvalue weighted by Gasteiger charge is 2.18. The van der Waals surface area contributed by atoms with E-state index >= 15 is 0 Å². The van der Waals surface area contributed by atoms with E-state index in [1.54, 1.807) is 0 Å². The maximum absolute atomic E-state index is 3.81. The molecule has 1 saturated carbocycles. The van der Waals surface area contributed by atoms with E-state index in [1.165, 1.54) is 90.0 Å². The highest BCUT2D eigenvalue weighted by Crippen LogP contribution is 2.28. The van der Waals surface area contributed by atoms with Crippen LogP contribution in [0.4, 0.5) is 0 Å². The summed E-state index contributed by atoms with van der Waals surface area (Å²) in [6, 6.07) is 0.810. The largest absolute Gasteiger partial charge is 0.314 e. The standard InChI is InChI=1S/C18H37N/c1-3-5-6-7-11-14-18(19-15-4-2)16-17-12-9-8-10-13-17/h17-19H,3-16H2,1-2H3. The van der Waals surface area contributed by atoms with E-state index in [1.807, 2.05) is 0 Å². The minimum atomic E-state index is 0.810. The van der Waals surface area contributed by atoms with E-state index in [9.17, 15) is 0 Å². The van der Waals surface area contributed by atoms with Crippen LogP contribution in [0.1, 0.15) is 97.3 Å². The van der Waals surface area contributed by atoms with Crippen molar-refractivity contribution in [3.05, 3.63) is 0 Å². The zero-order valence-electron chi connectivity index (χ0n) is 13.6. The summed E-state index contributed by atoms with van der Waals surface area (Å²) in [6.07, 6.45) is 18.7. The third kappa shape index (κ3) is 8.68. The van der Waals surface area contributed by atoms with Crippen molar-refractivity contribution in [1.82, 2.24) is 5.32 Å². The summed E-state index contributed by atoms with van der Waals surface area (Å²) in [6.45, 7) is 5.80. The highest BCUT2D eigenvalue weighted by molar-refractivity contribution is 4.74. The minimum absolute atomic E-state index is 0.810. The number of hydrogen-bond donors (Lipinski definition) is 1. The lowest BCUT2D eigenvalue weighted by atomic mass is 9.84. The Bertz CT molecular complexity index is 184. The van der Waals surface area contributed by atoms with Gasteiger partial charge < -0.3 is 5.32 Å². The first-order chi connectivity index (χ1) is 9.36. The van der Waals surface area contributed by atoms with Crippen LogP contribution in [-0.2, 0) is 0 Å². The first-order valence-electron chi connectivity index (χ1n) is 9.10. The first kappa shape index (κ1) is 17.0. The Morgan fingerprint density at radius 2 is 1.63 bits per heavy atom. The molecule has 0 aliphatic heterocycles. The molecule has 0 aromatic heterocycles. The lowest BCUT2D eigenvalue weighted by molar-refractivity contribution is 0.287. The summed E-state index contributed by atoms with van der Waals surface area (Å²) in [5.74, 6) is 1.03. The normalized spacial score (nSPS) is 18.6. The zero-order chi connectivity index (χ0) is 13.8. The van der Waals surface area contributed by atoms with Crippen LogP contribution in [0.3, 0.4) is 0 Å². The van der Waals surface area contributed by atoms with Gasteiger partial charge in [-0.1, -0.05) is 78.1 Å². The molecule has 1 rings (SSSR count). The van der Waals surface area contributed by atoms with Gasteiger partial charge in [-0.2, -0.15) is 0 Å². The molecule has 0 aromatic rings. The van der Waals surface area contributed by atoms with Crippen molar-refractivity contribution in [3.8, 4) is 0 Å². The fourth-order valence-electron chi connectivity index (χ4n) is 3.47. The van der Waals surface area contributed by atoms with Crippen molar-refractivity contribution in [2.24, 2.45) is 5.92 Å². The summed E-state index contributed by atoms with van der Waals surface area (Å²) in [5, 5.41) is 3.81. The van der Waals surface area contributed by atoms with E-state index in [2.05, 4.69) is 19.2 Å². The molecule has 114 valence electrons. The third-order valence-corrected chi connectivity index (χ3v) is 4.68. The van der Waals surface area contributed by atoms with Gasteiger partial charge >= 0.3 is 0 Å². The lowest BCUT2D eigenvalue weighted by Crippen LogP contribution is -2.32. The van der Waals surface area contributed by atoms with Gasteiger partial charge in [0, 0.05) is 6.04 Å². The van der Waals surface area contributed by atoms with Crippen molar-refractivity contribution >= 4 is 0 Å². The minimum Gasteiger partial charge on any atom is -0.314 e. The van der Waals surface area contributed by atoms with Gasteiger partial charge in [0.1, 0.15) is 0 Å². The summed E-state index contributed by atoms with van der Waals surface area (Å²) in [5.41, 5.74) is 0. The van der Waals surface area contributed by atoms with Crippen molar-refractivity contribution in [2.45, 2.75) is 103 Å². The van der Waals surface area contributed by atoms with E-state index in [4.69, 9.17) is 0 Å². The fraction of sp³-hybridized carbons (Fsp3) is 1.00. The second kappa shape index (κ2) is 11.8. The van der Waals surface area contributed by atoms with E-state index in [0.29, 0.717) is 0 Å². The Balaban J connectivity index is 2.17. The lowest BCUT2D eigenvalue weighted by Gasteiger charge is -2.27. The SMILES string of the molecule is CCCCCCCC(CC1CCCCC1)NCCC. The van der Waals surface area contributed by atoms with Crippen LogP contribution >= 0.6 is 0 Å². The van der Waals surface area contributed by atoms with Crippen LogP contribution in [0.5, 0.6) is 0 Å². The van der Waals surface area contributed by atoms with Crippen LogP contribution in [0.15, 0.2) is 0 Å². The molecule has 1 heteroatoms. The molecule has 1 nitrogen and oxygen atoms in total. The van der Waals surface area contributed by atoms with E-state index in [-0.39, 0.29) is 0 Å². The van der Waals surface area contributed by atoms with Crippen LogP contribution in [-0.4, -0.2) is 12.6 Å². The molecule has 1 aliphatic carbocycles. The van der Waals surface area contributed by atoms with Crippen molar-refractivity contribution in [2.75, 3.05) is 6.54 Å². The molecule has 1 fully saturated rings. The molecule has 1 aliphatic rings. The van der Waals surface area contributed by atoms with Crippen molar-refractivity contribution in [3.63, 3.8) is 0 Å². The summed E-state index contributed by atoms with van der Waals surface area (Å²) >= 11 is 0. The van der Waals surface area contributed by atoms with Gasteiger partial charge in [-0.25, -0.2) is 0 Å². The monoisotopic (exact) mass is 267 g/mol. The van der Waals surface area contributed by atoms with Crippen LogP contribution < -0.4 is 5.32 Å². The number of hydrogen-bond acceptors (Lipinski definition) is 1. The van der Waals surface area contributed by atoms with Crippen LogP contribution in [0, 0.1) is 5.92 Å². The Kier molecular flexibility index (Phi) is 10.5. The first-order valence-corrected chi connectivity index (χ1v) is 9.10. The van der Waals surface area contributed by atoms with Gasteiger partial charge in [0.25, 0.3) is 0 Å². The van der Waals surface area contributed by atoms with Crippen molar-refractivity contribution in [1.29, 1.82) is 0 Å². The number of unbranched alkanes of at least 4 members (excludes halogenated alkanes) is 4. The Morgan fingerprint density at radius 3 is 2.32 bits per heavy atom. The molecule has 0 heterocycles. The van der Waals surface area contributed by atoms with Gasteiger partial charge in [-0.05, 0) is 31.7 Å². The maximum Gasteiger partial charge on any atom is 0.00696 e. The molecule has 0 bridgehead atoms. The average molecular weight is 268 g/mol. The van der Waals surface area contributed by atoms with Gasteiger partial charge in [0.05, 0.1) is 0 Å². The fourth-order valence-corrected chi connectivity index (χ4v) is 3.47. The van der Waals surface area contributed by atoms with Gasteiger partial charge in [0.2, 0.25) is 0 Å². The highest BCUT2D eigenvalue weighted by atomic mass is 14.9. The quantitative estimate of drug-likeness (QED) is 0.474. The van der Waals surface area contributed by atoms with E-state index in [0.717, 1.165) is 12.0 Å². The molecular formula is C18H37N. The topological polar surface area (TPSA) is 12.0 Å². The van der Waals surface area contributed by atoms with Crippen LogP contribution in [0.2, 0.25) is 0 Å². The van der Waals surface area contributed by atoms with Gasteiger partial charge in [0.15, 0.2) is 0 Å². The summed E-state index contributed by atoms with van der Waals surface area (Å²) < 4.78 is 0. The molecule has 0 aromatic carbocycles. The summed E-state index contributed by atoms with van der Waals surface area (Å²) in [4.78, 5) is 0. The molecule has 0 saturated heterocycles. The molecular weight excluding hydrogens is 230 g/mol. The van der Waals surface area contributed by atoms with Gasteiger partial charge in [-0.15, -0.1) is 0 Å². The Labute approximate surface area is 121 Å². The molecule has 0 amide bonds. The van der Waals surface area contributed by atoms with Crippen molar-refractivity contribution < 1.29 is 0 Å². The number of rotatable bonds is 11. The van der Waals surface area contributed by atoms with Crippen LogP contribution in [0.25, 0.3) is 0 Å². The molecule has 19 heavy (non-hydrogen) atoms. The predicted octanol–water partition coefficient (Wildman–Crippen LogP) is 5.69. The second-order valence-electron chi connectivity index (χ2n) is 6.59. The molecule has 1 N–H and O–H groups in total. The second-order valence-corrected chi connectivity index (χ2v) is 6.59. The molecule has 1 atom stereocenters. The maximum atomic E-state index is 3.81. The van der Waals surface area contributed by atoms with E-state index < -0.39 is 0 Å². The predicted molar refractivity (Wildman–Crippen MR) is 86.6 cm³/mol.